The van der Waals surface area contributed by atoms with Crippen molar-refractivity contribution in [3.05, 3.63) is 86.4 Å². The van der Waals surface area contributed by atoms with Crippen molar-refractivity contribution in [1.82, 2.24) is 4.98 Å². The summed E-state index contributed by atoms with van der Waals surface area (Å²) in [5.74, 6) is -2.44. The van der Waals surface area contributed by atoms with Crippen molar-refractivity contribution in [3.63, 3.8) is 0 Å². The number of hydrogen-bond acceptors (Lipinski definition) is 7. The molecule has 2 heterocycles. The fourth-order valence-corrected chi connectivity index (χ4v) is 5.01. The second kappa shape index (κ2) is 8.87. The van der Waals surface area contributed by atoms with Gasteiger partial charge < -0.3 is 9.84 Å². The number of aliphatic hydroxyl groups excluding tert-OH is 1. The van der Waals surface area contributed by atoms with E-state index in [2.05, 4.69) is 4.98 Å². The van der Waals surface area contributed by atoms with E-state index in [1.807, 2.05) is 57.2 Å². The molecule has 0 bridgehead atoms. The predicted molar refractivity (Wildman–Crippen MR) is 130 cm³/mol. The number of ether oxygens (including phenoxy) is 1. The smallest absolute Gasteiger partial charge is 0.350 e. The molecule has 8 heteroatoms. The second-order valence-electron chi connectivity index (χ2n) is 8.30. The largest absolute Gasteiger partial charge is 0.507 e. The first-order valence-corrected chi connectivity index (χ1v) is 11.5. The summed E-state index contributed by atoms with van der Waals surface area (Å²) in [6.45, 7) is 7.29. The Morgan fingerprint density at radius 2 is 1.68 bits per heavy atom. The highest BCUT2D eigenvalue weighted by molar-refractivity contribution is 7.17. The molecule has 1 saturated heterocycles. The number of Topliss-reactive ketones (excluding diaryl/α,β-unsaturated/α-hetero) is 1. The van der Waals surface area contributed by atoms with Gasteiger partial charge in [0.25, 0.3) is 5.78 Å². The molecule has 1 fully saturated rings. The molecule has 1 unspecified atom stereocenters. The van der Waals surface area contributed by atoms with Crippen molar-refractivity contribution >= 4 is 39.9 Å². The number of rotatable bonds is 4. The van der Waals surface area contributed by atoms with Gasteiger partial charge in [0.15, 0.2) is 5.13 Å². The summed E-state index contributed by atoms with van der Waals surface area (Å²) in [5.41, 5.74) is 4.20. The number of ketones is 1. The van der Waals surface area contributed by atoms with Crippen molar-refractivity contribution in [2.24, 2.45) is 0 Å². The number of aryl methyl sites for hydroxylation is 4. The van der Waals surface area contributed by atoms with Crippen molar-refractivity contribution in [3.8, 4) is 0 Å². The van der Waals surface area contributed by atoms with E-state index in [1.54, 1.807) is 13.0 Å². The Kier molecular flexibility index (Phi) is 6.10. The molecule has 3 aromatic rings. The fraction of sp³-hybridized carbons (Fsp3) is 0.231. The van der Waals surface area contributed by atoms with Crippen LogP contribution in [0.4, 0.5) is 5.13 Å². The molecule has 1 aliphatic heterocycles. The first kappa shape index (κ1) is 23.4. The van der Waals surface area contributed by atoms with E-state index in [0.29, 0.717) is 16.8 Å². The maximum absolute atomic E-state index is 13.3. The number of amides is 1. The van der Waals surface area contributed by atoms with E-state index in [1.165, 1.54) is 12.0 Å². The minimum absolute atomic E-state index is 0.0185. The van der Waals surface area contributed by atoms with Gasteiger partial charge in [-0.15, -0.1) is 0 Å². The van der Waals surface area contributed by atoms with Crippen LogP contribution in [0.2, 0.25) is 0 Å². The summed E-state index contributed by atoms with van der Waals surface area (Å²) in [7, 11) is 1.27. The summed E-state index contributed by atoms with van der Waals surface area (Å²) in [6, 6.07) is 12.0. The maximum atomic E-state index is 13.3. The Bertz CT molecular complexity index is 1350. The van der Waals surface area contributed by atoms with Gasteiger partial charge in [0.1, 0.15) is 10.6 Å². The summed E-state index contributed by atoms with van der Waals surface area (Å²) < 4.78 is 4.82. The van der Waals surface area contributed by atoms with Crippen LogP contribution in [0.1, 0.15) is 49.2 Å². The van der Waals surface area contributed by atoms with Crippen LogP contribution in [-0.2, 0) is 14.3 Å². The normalized spacial score (nSPS) is 17.3. The number of aromatic nitrogens is 1. The van der Waals surface area contributed by atoms with E-state index in [4.69, 9.17) is 4.74 Å². The van der Waals surface area contributed by atoms with E-state index >= 15 is 0 Å². The van der Waals surface area contributed by atoms with Crippen molar-refractivity contribution in [1.29, 1.82) is 0 Å². The monoisotopic (exact) mass is 476 g/mol. The van der Waals surface area contributed by atoms with Crippen LogP contribution in [0.25, 0.3) is 5.76 Å². The number of thiazole rings is 1. The molecule has 1 aliphatic rings. The molecule has 1 aromatic heterocycles. The average Bonchev–Trinajstić information content (AvgIpc) is 3.32. The number of esters is 1. The summed E-state index contributed by atoms with van der Waals surface area (Å²) >= 11 is 0.975. The minimum atomic E-state index is -0.906. The van der Waals surface area contributed by atoms with Gasteiger partial charge in [-0.05, 0) is 44.9 Å². The SMILES string of the molecule is COC(=O)c1sc(N2C(=O)C(=O)/C(=C(/O)c3cc(C)ccc3C)C2c2ccc(C)cc2)nc1C. The van der Waals surface area contributed by atoms with Crippen LogP contribution in [0, 0.1) is 27.7 Å². The number of hydrogen-bond donors (Lipinski definition) is 1. The standard InChI is InChI=1S/C26H24N2O5S/c1-13-7-10-17(11-8-13)20-19(21(29)18-12-14(2)6-9-15(18)3)22(30)24(31)28(20)26-27-16(4)23(34-26)25(32)33-5/h6-12,20,29H,1-5H3/b21-19+. The number of carbonyl (C=O) groups excluding carboxylic acids is 3. The zero-order chi connectivity index (χ0) is 24.7. The number of anilines is 1. The van der Waals surface area contributed by atoms with E-state index in [0.717, 1.165) is 28.0 Å². The molecule has 1 amide bonds. The molecular formula is C26H24N2O5S. The number of carbonyl (C=O) groups is 3. The second-order valence-corrected chi connectivity index (χ2v) is 9.28. The Hall–Kier alpha value is -3.78. The molecule has 34 heavy (non-hydrogen) atoms. The summed E-state index contributed by atoms with van der Waals surface area (Å²) in [5, 5.41) is 11.5. The van der Waals surface area contributed by atoms with Gasteiger partial charge in [-0.25, -0.2) is 9.78 Å². The molecule has 0 saturated carbocycles. The van der Waals surface area contributed by atoms with E-state index < -0.39 is 23.7 Å². The molecular weight excluding hydrogens is 452 g/mol. The fourth-order valence-electron chi connectivity index (χ4n) is 4.00. The van der Waals surface area contributed by atoms with Gasteiger partial charge >= 0.3 is 11.9 Å². The maximum Gasteiger partial charge on any atom is 0.350 e. The first-order chi connectivity index (χ1) is 16.1. The zero-order valence-corrected chi connectivity index (χ0v) is 20.3. The van der Waals surface area contributed by atoms with Crippen LogP contribution in [0.15, 0.2) is 48.0 Å². The van der Waals surface area contributed by atoms with Crippen molar-refractivity contribution in [2.45, 2.75) is 33.7 Å². The topological polar surface area (TPSA) is 96.8 Å². The molecule has 1 N–H and O–H groups in total. The van der Waals surface area contributed by atoms with E-state index in [9.17, 15) is 19.5 Å². The third-order valence-electron chi connectivity index (χ3n) is 5.85. The predicted octanol–water partition coefficient (Wildman–Crippen LogP) is 4.79. The molecule has 2 aromatic carbocycles. The lowest BCUT2D eigenvalue weighted by molar-refractivity contribution is -0.132. The third-order valence-corrected chi connectivity index (χ3v) is 6.98. The number of aliphatic hydroxyl groups is 1. The van der Waals surface area contributed by atoms with Gasteiger partial charge in [-0.1, -0.05) is 58.9 Å². The Morgan fingerprint density at radius 3 is 2.32 bits per heavy atom. The van der Waals surface area contributed by atoms with Crippen LogP contribution in [0.5, 0.6) is 0 Å². The summed E-state index contributed by atoms with van der Waals surface area (Å²) in [6.07, 6.45) is 0. The number of methoxy groups -OCH3 is 1. The molecule has 4 rings (SSSR count). The van der Waals surface area contributed by atoms with Crippen molar-refractivity contribution in [2.75, 3.05) is 12.0 Å². The van der Waals surface area contributed by atoms with E-state index in [-0.39, 0.29) is 21.3 Å². The number of benzene rings is 2. The molecule has 7 nitrogen and oxygen atoms in total. The lowest BCUT2D eigenvalue weighted by Gasteiger charge is -2.23. The first-order valence-electron chi connectivity index (χ1n) is 10.6. The van der Waals surface area contributed by atoms with Crippen LogP contribution < -0.4 is 4.90 Å². The highest BCUT2D eigenvalue weighted by Crippen LogP contribution is 2.44. The highest BCUT2D eigenvalue weighted by Gasteiger charge is 2.48. The van der Waals surface area contributed by atoms with Gasteiger partial charge in [-0.2, -0.15) is 0 Å². The van der Waals surface area contributed by atoms with Gasteiger partial charge in [0.2, 0.25) is 0 Å². The Balaban J connectivity index is 1.97. The Labute approximate surface area is 201 Å². The molecule has 174 valence electrons. The Morgan fingerprint density at radius 1 is 1.03 bits per heavy atom. The molecule has 0 radical (unpaired) electrons. The third kappa shape index (κ3) is 3.90. The van der Waals surface area contributed by atoms with Crippen LogP contribution in [-0.4, -0.2) is 34.9 Å². The number of nitrogens with zero attached hydrogens (tertiary/aromatic N) is 2. The highest BCUT2D eigenvalue weighted by atomic mass is 32.1. The van der Waals surface area contributed by atoms with Gasteiger partial charge in [0, 0.05) is 5.56 Å². The lowest BCUT2D eigenvalue weighted by Crippen LogP contribution is -2.29. The average molecular weight is 477 g/mol. The van der Waals surface area contributed by atoms with Gasteiger partial charge in [-0.3, -0.25) is 14.5 Å². The van der Waals surface area contributed by atoms with Crippen LogP contribution >= 0.6 is 11.3 Å². The molecule has 1 atom stereocenters. The molecule has 0 aliphatic carbocycles. The minimum Gasteiger partial charge on any atom is -0.507 e. The zero-order valence-electron chi connectivity index (χ0n) is 19.5. The lowest BCUT2D eigenvalue weighted by atomic mass is 9.93. The summed E-state index contributed by atoms with van der Waals surface area (Å²) in [4.78, 5) is 44.7. The van der Waals surface area contributed by atoms with Crippen LogP contribution in [0.3, 0.4) is 0 Å². The quantitative estimate of drug-likeness (QED) is 0.252. The molecule has 0 spiro atoms. The van der Waals surface area contributed by atoms with Gasteiger partial charge in [0.05, 0.1) is 24.4 Å². The van der Waals surface area contributed by atoms with Crippen molar-refractivity contribution < 1.29 is 24.2 Å².